The fraction of sp³-hybridized carbons (Fsp3) is 0.481. The summed E-state index contributed by atoms with van der Waals surface area (Å²) in [6.07, 6.45) is 4.29. The number of carbonyl (C=O) groups excluding carboxylic acids is 1. The first-order valence-corrected chi connectivity index (χ1v) is 13.0. The van der Waals surface area contributed by atoms with E-state index in [9.17, 15) is 9.59 Å². The lowest BCUT2D eigenvalue weighted by molar-refractivity contribution is -0.125. The van der Waals surface area contributed by atoms with Crippen molar-refractivity contribution in [3.63, 3.8) is 0 Å². The molecule has 0 saturated carbocycles. The SMILES string of the molecule is Cn1c(=O)c(N2CCC[C@H](C(=O)NCCCN3CCN(c4ccccc4)CC3)C2)nc2cccnc21. The average molecular weight is 490 g/mol. The third kappa shape index (κ3) is 5.36. The molecule has 1 aromatic carbocycles. The molecule has 4 heterocycles. The summed E-state index contributed by atoms with van der Waals surface area (Å²) in [6.45, 7) is 7.07. The van der Waals surface area contributed by atoms with Crippen molar-refractivity contribution in [3.05, 3.63) is 59.0 Å². The van der Waals surface area contributed by atoms with Crippen molar-refractivity contribution in [1.29, 1.82) is 0 Å². The van der Waals surface area contributed by atoms with Gasteiger partial charge in [0.15, 0.2) is 11.5 Å². The first kappa shape index (κ1) is 24.2. The maximum absolute atomic E-state index is 12.9. The van der Waals surface area contributed by atoms with Gasteiger partial charge in [-0.2, -0.15) is 0 Å². The van der Waals surface area contributed by atoms with Crippen molar-refractivity contribution in [2.24, 2.45) is 13.0 Å². The Labute approximate surface area is 211 Å². The summed E-state index contributed by atoms with van der Waals surface area (Å²) in [6, 6.07) is 14.3. The van der Waals surface area contributed by atoms with Crippen LogP contribution in [-0.2, 0) is 11.8 Å². The molecule has 2 saturated heterocycles. The van der Waals surface area contributed by atoms with Gasteiger partial charge in [-0.1, -0.05) is 18.2 Å². The molecular formula is C27H35N7O2. The summed E-state index contributed by atoms with van der Waals surface area (Å²) >= 11 is 0. The van der Waals surface area contributed by atoms with E-state index >= 15 is 0 Å². The highest BCUT2D eigenvalue weighted by molar-refractivity contribution is 5.79. The molecule has 0 bridgehead atoms. The molecule has 1 amide bonds. The minimum absolute atomic E-state index is 0.0767. The summed E-state index contributed by atoms with van der Waals surface area (Å²) in [5.74, 6) is 0.349. The van der Waals surface area contributed by atoms with Crippen LogP contribution in [-0.4, -0.2) is 77.7 Å². The van der Waals surface area contributed by atoms with Crippen molar-refractivity contribution in [2.45, 2.75) is 19.3 Å². The lowest BCUT2D eigenvalue weighted by atomic mass is 9.97. The predicted molar refractivity (Wildman–Crippen MR) is 142 cm³/mol. The Bertz CT molecular complexity index is 1240. The molecule has 2 aromatic heterocycles. The molecular weight excluding hydrogens is 454 g/mol. The Morgan fingerprint density at radius 3 is 2.64 bits per heavy atom. The number of aromatic nitrogens is 3. The van der Waals surface area contributed by atoms with E-state index in [0.717, 1.165) is 58.5 Å². The molecule has 2 aliphatic rings. The molecule has 9 nitrogen and oxygen atoms in total. The van der Waals surface area contributed by atoms with Crippen molar-refractivity contribution in [3.8, 4) is 0 Å². The van der Waals surface area contributed by atoms with E-state index < -0.39 is 0 Å². The zero-order chi connectivity index (χ0) is 24.9. The minimum Gasteiger partial charge on any atom is -0.369 e. The highest BCUT2D eigenvalue weighted by atomic mass is 16.2. The maximum Gasteiger partial charge on any atom is 0.294 e. The quantitative estimate of drug-likeness (QED) is 0.507. The molecule has 0 unspecified atom stereocenters. The molecule has 0 spiro atoms. The normalized spacial score (nSPS) is 19.0. The summed E-state index contributed by atoms with van der Waals surface area (Å²) in [7, 11) is 1.72. The molecule has 0 radical (unpaired) electrons. The molecule has 1 atom stereocenters. The third-order valence-electron chi connectivity index (χ3n) is 7.34. The number of carbonyl (C=O) groups is 1. The monoisotopic (exact) mass is 489 g/mol. The van der Waals surface area contributed by atoms with Crippen LogP contribution in [0.2, 0.25) is 0 Å². The van der Waals surface area contributed by atoms with Crippen LogP contribution >= 0.6 is 0 Å². The van der Waals surface area contributed by atoms with Gasteiger partial charge in [0.2, 0.25) is 5.91 Å². The van der Waals surface area contributed by atoms with E-state index in [4.69, 9.17) is 0 Å². The Balaban J connectivity index is 1.09. The number of piperazine rings is 1. The standard InChI is InChI=1S/C27H35N7O2/c1-31-24-23(11-5-12-28-24)30-25(27(31)36)34-15-6-8-21(20-34)26(35)29-13-7-14-32-16-18-33(19-17-32)22-9-3-2-4-10-22/h2-5,9-12,21H,6-8,13-20H2,1H3,(H,29,35)/t21-/m0/s1. The first-order valence-electron chi connectivity index (χ1n) is 13.0. The van der Waals surface area contributed by atoms with E-state index in [1.165, 1.54) is 5.69 Å². The molecule has 0 aliphatic carbocycles. The second-order valence-corrected chi connectivity index (χ2v) is 9.74. The van der Waals surface area contributed by atoms with Crippen LogP contribution in [0.15, 0.2) is 53.5 Å². The third-order valence-corrected chi connectivity index (χ3v) is 7.34. The fourth-order valence-electron chi connectivity index (χ4n) is 5.26. The number of fused-ring (bicyclic) bond motifs is 1. The van der Waals surface area contributed by atoms with Gasteiger partial charge in [-0.25, -0.2) is 9.97 Å². The van der Waals surface area contributed by atoms with Crippen molar-refractivity contribution in [2.75, 3.05) is 62.2 Å². The predicted octanol–water partition coefficient (Wildman–Crippen LogP) is 1.87. The summed E-state index contributed by atoms with van der Waals surface area (Å²) in [5.41, 5.74) is 2.37. The molecule has 36 heavy (non-hydrogen) atoms. The van der Waals surface area contributed by atoms with Gasteiger partial charge in [0.1, 0.15) is 5.52 Å². The second-order valence-electron chi connectivity index (χ2n) is 9.74. The van der Waals surface area contributed by atoms with E-state index in [2.05, 4.69) is 55.4 Å². The molecule has 5 rings (SSSR count). The highest BCUT2D eigenvalue weighted by Crippen LogP contribution is 2.21. The van der Waals surface area contributed by atoms with Crippen LogP contribution in [0.1, 0.15) is 19.3 Å². The van der Waals surface area contributed by atoms with E-state index in [1.807, 2.05) is 17.0 Å². The van der Waals surface area contributed by atoms with Gasteiger partial charge in [-0.15, -0.1) is 0 Å². The number of anilines is 2. The van der Waals surface area contributed by atoms with Crippen molar-refractivity contribution < 1.29 is 4.79 Å². The van der Waals surface area contributed by atoms with Gasteiger partial charge in [0, 0.05) is 64.7 Å². The first-order chi connectivity index (χ1) is 17.6. The smallest absolute Gasteiger partial charge is 0.294 e. The van der Waals surface area contributed by atoms with Crippen LogP contribution in [0.4, 0.5) is 11.5 Å². The van der Waals surface area contributed by atoms with Crippen LogP contribution < -0.4 is 20.7 Å². The van der Waals surface area contributed by atoms with E-state index in [-0.39, 0.29) is 17.4 Å². The molecule has 190 valence electrons. The van der Waals surface area contributed by atoms with Gasteiger partial charge in [0.05, 0.1) is 5.92 Å². The van der Waals surface area contributed by atoms with Crippen LogP contribution in [0, 0.1) is 5.92 Å². The number of nitrogens with zero attached hydrogens (tertiary/aromatic N) is 6. The van der Waals surface area contributed by atoms with Gasteiger partial charge in [-0.3, -0.25) is 19.1 Å². The molecule has 2 aliphatic heterocycles. The maximum atomic E-state index is 12.9. The minimum atomic E-state index is -0.172. The van der Waals surface area contributed by atoms with Crippen molar-refractivity contribution >= 4 is 28.6 Å². The second kappa shape index (κ2) is 11.1. The average Bonchev–Trinajstić information content (AvgIpc) is 2.94. The Morgan fingerprint density at radius 1 is 1.03 bits per heavy atom. The number of para-hydroxylation sites is 1. The number of aryl methyl sites for hydroxylation is 1. The lowest BCUT2D eigenvalue weighted by Gasteiger charge is -2.36. The van der Waals surface area contributed by atoms with Crippen LogP contribution in [0.3, 0.4) is 0 Å². The summed E-state index contributed by atoms with van der Waals surface area (Å²) in [5, 5.41) is 3.14. The number of rotatable bonds is 7. The molecule has 9 heteroatoms. The number of amides is 1. The summed E-state index contributed by atoms with van der Waals surface area (Å²) in [4.78, 5) is 41.6. The number of hydrogen-bond acceptors (Lipinski definition) is 7. The van der Waals surface area contributed by atoms with Gasteiger partial charge >= 0.3 is 0 Å². The Kier molecular flexibility index (Phi) is 7.46. The zero-order valence-electron chi connectivity index (χ0n) is 21.0. The number of nitrogens with one attached hydrogen (secondary N) is 1. The molecule has 3 aromatic rings. The number of hydrogen-bond donors (Lipinski definition) is 1. The molecule has 2 fully saturated rings. The number of pyridine rings is 1. The largest absolute Gasteiger partial charge is 0.369 e. The number of piperidine rings is 1. The fourth-order valence-corrected chi connectivity index (χ4v) is 5.26. The Morgan fingerprint density at radius 2 is 1.83 bits per heavy atom. The van der Waals surface area contributed by atoms with Gasteiger partial charge < -0.3 is 15.1 Å². The topological polar surface area (TPSA) is 86.6 Å². The van der Waals surface area contributed by atoms with E-state index in [1.54, 1.807) is 17.8 Å². The van der Waals surface area contributed by atoms with Gasteiger partial charge in [0.25, 0.3) is 5.56 Å². The van der Waals surface area contributed by atoms with Crippen molar-refractivity contribution in [1.82, 2.24) is 24.8 Å². The summed E-state index contributed by atoms with van der Waals surface area (Å²) < 4.78 is 1.54. The van der Waals surface area contributed by atoms with E-state index in [0.29, 0.717) is 30.1 Å². The van der Waals surface area contributed by atoms with Crippen LogP contribution in [0.5, 0.6) is 0 Å². The number of benzene rings is 1. The highest BCUT2D eigenvalue weighted by Gasteiger charge is 2.28. The lowest BCUT2D eigenvalue weighted by Crippen LogP contribution is -2.47. The van der Waals surface area contributed by atoms with Crippen LogP contribution in [0.25, 0.3) is 11.2 Å². The molecule has 1 N–H and O–H groups in total. The zero-order valence-corrected chi connectivity index (χ0v) is 21.0. The Hall–Kier alpha value is -3.46. The van der Waals surface area contributed by atoms with Gasteiger partial charge in [-0.05, 0) is 50.1 Å².